The summed E-state index contributed by atoms with van der Waals surface area (Å²) in [4.78, 5) is 11.6. The second-order valence-corrected chi connectivity index (χ2v) is 4.24. The van der Waals surface area contributed by atoms with Gasteiger partial charge in [0, 0.05) is 17.3 Å². The monoisotopic (exact) mass is 204 g/mol. The van der Waals surface area contributed by atoms with Crippen LogP contribution in [0.2, 0.25) is 0 Å². The van der Waals surface area contributed by atoms with Gasteiger partial charge in [-0.15, -0.1) is 0 Å². The number of carbonyl (C=O) groups excluding carboxylic acids is 1. The molecule has 80 valence electrons. The summed E-state index contributed by atoms with van der Waals surface area (Å²) in [5.41, 5.74) is 9.44. The average molecular weight is 204 g/mol. The van der Waals surface area contributed by atoms with Crippen molar-refractivity contribution in [3.63, 3.8) is 0 Å². The first-order valence-electron chi connectivity index (χ1n) is 5.26. The van der Waals surface area contributed by atoms with Crippen molar-refractivity contribution < 1.29 is 4.79 Å². The Labute approximate surface area is 89.7 Å². The van der Waals surface area contributed by atoms with Gasteiger partial charge in [0.2, 0.25) is 5.91 Å². The number of rotatable bonds is 2. The Morgan fingerprint density at radius 1 is 1.40 bits per heavy atom. The van der Waals surface area contributed by atoms with Gasteiger partial charge in [-0.05, 0) is 43.9 Å². The SMILES string of the molecule is Cc1ccc(N)c(C)c1NC(=O)C1CC1. The van der Waals surface area contributed by atoms with Crippen molar-refractivity contribution in [2.75, 3.05) is 11.1 Å². The van der Waals surface area contributed by atoms with Crippen molar-refractivity contribution in [3.05, 3.63) is 23.3 Å². The lowest BCUT2D eigenvalue weighted by molar-refractivity contribution is -0.117. The number of anilines is 2. The van der Waals surface area contributed by atoms with E-state index in [4.69, 9.17) is 5.73 Å². The molecule has 3 heteroatoms. The second-order valence-electron chi connectivity index (χ2n) is 4.24. The first-order valence-corrected chi connectivity index (χ1v) is 5.26. The highest BCUT2D eigenvalue weighted by atomic mass is 16.2. The number of amides is 1. The van der Waals surface area contributed by atoms with E-state index >= 15 is 0 Å². The van der Waals surface area contributed by atoms with Crippen LogP contribution < -0.4 is 11.1 Å². The number of hydrogen-bond donors (Lipinski definition) is 2. The van der Waals surface area contributed by atoms with Crippen LogP contribution in [0.15, 0.2) is 12.1 Å². The number of nitrogen functional groups attached to an aromatic ring is 1. The van der Waals surface area contributed by atoms with Crippen LogP contribution in [0.4, 0.5) is 11.4 Å². The summed E-state index contributed by atoms with van der Waals surface area (Å²) in [7, 11) is 0. The van der Waals surface area contributed by atoms with Crippen LogP contribution >= 0.6 is 0 Å². The van der Waals surface area contributed by atoms with Gasteiger partial charge in [0.1, 0.15) is 0 Å². The molecule has 2 rings (SSSR count). The van der Waals surface area contributed by atoms with Gasteiger partial charge < -0.3 is 11.1 Å². The predicted molar refractivity (Wildman–Crippen MR) is 61.7 cm³/mol. The number of nitrogens with one attached hydrogen (secondary N) is 1. The van der Waals surface area contributed by atoms with Gasteiger partial charge in [0.05, 0.1) is 0 Å². The maximum atomic E-state index is 11.6. The molecule has 1 saturated carbocycles. The molecule has 0 unspecified atom stereocenters. The molecule has 1 aromatic carbocycles. The van der Waals surface area contributed by atoms with Crippen LogP contribution in [0.5, 0.6) is 0 Å². The highest BCUT2D eigenvalue weighted by Crippen LogP contribution is 2.32. The third-order valence-corrected chi connectivity index (χ3v) is 2.91. The lowest BCUT2D eigenvalue weighted by Crippen LogP contribution is -2.15. The number of benzene rings is 1. The third kappa shape index (κ3) is 1.96. The normalized spacial score (nSPS) is 15.1. The molecular formula is C12H16N2O. The molecule has 15 heavy (non-hydrogen) atoms. The molecule has 1 aromatic rings. The number of hydrogen-bond acceptors (Lipinski definition) is 2. The molecule has 0 heterocycles. The first-order chi connectivity index (χ1) is 7.09. The van der Waals surface area contributed by atoms with Gasteiger partial charge in [-0.1, -0.05) is 6.07 Å². The Balaban J connectivity index is 2.26. The molecule has 1 aliphatic rings. The van der Waals surface area contributed by atoms with Crippen LogP contribution in [-0.2, 0) is 4.79 Å². The minimum Gasteiger partial charge on any atom is -0.398 e. The summed E-state index contributed by atoms with van der Waals surface area (Å²) in [5.74, 6) is 0.358. The summed E-state index contributed by atoms with van der Waals surface area (Å²) < 4.78 is 0. The van der Waals surface area contributed by atoms with E-state index in [0.717, 1.165) is 35.3 Å². The van der Waals surface area contributed by atoms with Crippen LogP contribution in [-0.4, -0.2) is 5.91 Å². The topological polar surface area (TPSA) is 55.1 Å². The number of nitrogens with two attached hydrogens (primary N) is 1. The summed E-state index contributed by atoms with van der Waals surface area (Å²) in [6, 6.07) is 3.81. The molecule has 1 fully saturated rings. The van der Waals surface area contributed by atoms with E-state index in [9.17, 15) is 4.79 Å². The highest BCUT2D eigenvalue weighted by molar-refractivity contribution is 5.96. The average Bonchev–Trinajstić information content (AvgIpc) is 3.02. The van der Waals surface area contributed by atoms with E-state index in [1.165, 1.54) is 0 Å². The summed E-state index contributed by atoms with van der Waals surface area (Å²) in [5, 5.41) is 2.96. The second kappa shape index (κ2) is 3.57. The van der Waals surface area contributed by atoms with Crippen molar-refractivity contribution >= 4 is 17.3 Å². The van der Waals surface area contributed by atoms with Gasteiger partial charge in [-0.2, -0.15) is 0 Å². The fourth-order valence-electron chi connectivity index (χ4n) is 1.63. The zero-order valence-electron chi connectivity index (χ0n) is 9.13. The summed E-state index contributed by atoms with van der Waals surface area (Å²) >= 11 is 0. The Kier molecular flexibility index (Phi) is 2.39. The molecular weight excluding hydrogens is 188 g/mol. The molecule has 0 saturated heterocycles. The number of carbonyl (C=O) groups is 1. The minimum absolute atomic E-state index is 0.131. The van der Waals surface area contributed by atoms with Crippen LogP contribution in [0.1, 0.15) is 24.0 Å². The fourth-order valence-corrected chi connectivity index (χ4v) is 1.63. The van der Waals surface area contributed by atoms with E-state index in [0.29, 0.717) is 0 Å². The molecule has 1 amide bonds. The minimum atomic E-state index is 0.131. The zero-order valence-corrected chi connectivity index (χ0v) is 9.13. The Hall–Kier alpha value is -1.51. The Bertz CT molecular complexity index is 408. The smallest absolute Gasteiger partial charge is 0.227 e. The van der Waals surface area contributed by atoms with Gasteiger partial charge in [0.25, 0.3) is 0 Å². The summed E-state index contributed by atoms with van der Waals surface area (Å²) in [6.45, 7) is 3.92. The first kappa shape index (κ1) is 10.0. The lowest BCUT2D eigenvalue weighted by Gasteiger charge is -2.13. The highest BCUT2D eigenvalue weighted by Gasteiger charge is 2.30. The van der Waals surface area contributed by atoms with Crippen molar-refractivity contribution in [2.24, 2.45) is 5.92 Å². The van der Waals surface area contributed by atoms with Crippen molar-refractivity contribution in [1.82, 2.24) is 0 Å². The lowest BCUT2D eigenvalue weighted by atomic mass is 10.1. The van der Waals surface area contributed by atoms with Crippen molar-refractivity contribution in [3.8, 4) is 0 Å². The van der Waals surface area contributed by atoms with Gasteiger partial charge in [-0.3, -0.25) is 4.79 Å². The Morgan fingerprint density at radius 2 is 2.07 bits per heavy atom. The molecule has 3 N–H and O–H groups in total. The molecule has 0 aromatic heterocycles. The van der Waals surface area contributed by atoms with Crippen molar-refractivity contribution in [1.29, 1.82) is 0 Å². The zero-order chi connectivity index (χ0) is 11.0. The van der Waals surface area contributed by atoms with E-state index in [2.05, 4.69) is 5.32 Å². The van der Waals surface area contributed by atoms with Gasteiger partial charge in [-0.25, -0.2) is 0 Å². The maximum absolute atomic E-state index is 11.6. The van der Waals surface area contributed by atoms with Gasteiger partial charge >= 0.3 is 0 Å². The van der Waals surface area contributed by atoms with Gasteiger partial charge in [0.15, 0.2) is 0 Å². The van der Waals surface area contributed by atoms with Crippen LogP contribution in [0.25, 0.3) is 0 Å². The van der Waals surface area contributed by atoms with Crippen LogP contribution in [0.3, 0.4) is 0 Å². The van der Waals surface area contributed by atoms with Crippen LogP contribution in [0, 0.1) is 19.8 Å². The standard InChI is InChI=1S/C12H16N2O/c1-7-3-6-10(13)8(2)11(7)14-12(15)9-4-5-9/h3,6,9H,4-5,13H2,1-2H3,(H,14,15). The third-order valence-electron chi connectivity index (χ3n) is 2.91. The van der Waals surface area contributed by atoms with E-state index in [1.807, 2.05) is 26.0 Å². The fraction of sp³-hybridized carbons (Fsp3) is 0.417. The molecule has 3 nitrogen and oxygen atoms in total. The quantitative estimate of drug-likeness (QED) is 0.726. The molecule has 0 bridgehead atoms. The molecule has 0 radical (unpaired) electrons. The predicted octanol–water partition coefficient (Wildman–Crippen LogP) is 2.23. The Morgan fingerprint density at radius 3 is 2.67 bits per heavy atom. The van der Waals surface area contributed by atoms with E-state index in [1.54, 1.807) is 0 Å². The largest absolute Gasteiger partial charge is 0.398 e. The molecule has 0 spiro atoms. The van der Waals surface area contributed by atoms with E-state index in [-0.39, 0.29) is 11.8 Å². The molecule has 1 aliphatic carbocycles. The summed E-state index contributed by atoms with van der Waals surface area (Å²) in [6.07, 6.45) is 2.04. The maximum Gasteiger partial charge on any atom is 0.227 e. The molecule has 0 atom stereocenters. The molecule has 0 aliphatic heterocycles. The van der Waals surface area contributed by atoms with E-state index < -0.39 is 0 Å². The van der Waals surface area contributed by atoms with Crippen molar-refractivity contribution in [2.45, 2.75) is 26.7 Å². The number of aryl methyl sites for hydroxylation is 1.